The fourth-order valence-corrected chi connectivity index (χ4v) is 14.1. The Kier molecular flexibility index (Phi) is 71.2. The Labute approximate surface area is 613 Å². The van der Waals surface area contributed by atoms with Crippen LogP contribution in [-0.4, -0.2) is 96.7 Å². The van der Waals surface area contributed by atoms with Crippen molar-refractivity contribution < 1.29 is 80.2 Å². The van der Waals surface area contributed by atoms with Crippen molar-refractivity contribution in [2.75, 3.05) is 39.6 Å². The maximum absolute atomic E-state index is 13.1. The molecule has 0 spiro atoms. The molecule has 0 aliphatic heterocycles. The van der Waals surface area contributed by atoms with Gasteiger partial charge in [0.1, 0.15) is 19.3 Å². The molecule has 3 unspecified atom stereocenters. The van der Waals surface area contributed by atoms with Crippen LogP contribution in [0.1, 0.15) is 427 Å². The van der Waals surface area contributed by atoms with Crippen LogP contribution in [0.2, 0.25) is 0 Å². The molecule has 0 radical (unpaired) electrons. The molecule has 0 saturated carbocycles. The summed E-state index contributed by atoms with van der Waals surface area (Å²) in [4.78, 5) is 73.0. The van der Waals surface area contributed by atoms with Crippen LogP contribution in [0.15, 0.2) is 0 Å². The lowest BCUT2D eigenvalue weighted by atomic mass is 9.99. The van der Waals surface area contributed by atoms with Gasteiger partial charge in [-0.15, -0.1) is 0 Å². The summed E-state index contributed by atoms with van der Waals surface area (Å²) in [7, 11) is -9.92. The topological polar surface area (TPSA) is 237 Å². The average Bonchev–Trinajstić information content (AvgIpc) is 0.921. The van der Waals surface area contributed by atoms with Crippen LogP contribution in [0.25, 0.3) is 0 Å². The summed E-state index contributed by atoms with van der Waals surface area (Å²) in [5.41, 5.74) is 0. The fourth-order valence-electron chi connectivity index (χ4n) is 12.5. The van der Waals surface area contributed by atoms with E-state index in [1.165, 1.54) is 238 Å². The number of phosphoric acid groups is 2. The second-order valence-electron chi connectivity index (χ2n) is 29.9. The number of aliphatic hydroxyl groups excluding tert-OH is 1. The quantitative estimate of drug-likeness (QED) is 0.0222. The zero-order chi connectivity index (χ0) is 73.5. The van der Waals surface area contributed by atoms with Gasteiger partial charge in [-0.1, -0.05) is 375 Å². The van der Waals surface area contributed by atoms with E-state index >= 15 is 0 Å². The van der Waals surface area contributed by atoms with E-state index in [2.05, 4.69) is 41.5 Å². The average molecular weight is 1470 g/mol. The van der Waals surface area contributed by atoms with Crippen molar-refractivity contribution >= 4 is 39.5 Å². The van der Waals surface area contributed by atoms with Crippen molar-refractivity contribution in [3.05, 3.63) is 0 Å². The number of hydrogen-bond donors (Lipinski definition) is 3. The van der Waals surface area contributed by atoms with Gasteiger partial charge in [-0.05, 0) is 37.5 Å². The van der Waals surface area contributed by atoms with Crippen LogP contribution < -0.4 is 0 Å². The van der Waals surface area contributed by atoms with Gasteiger partial charge in [0.15, 0.2) is 12.2 Å². The molecular formula is C81H158O17P2. The van der Waals surface area contributed by atoms with Crippen molar-refractivity contribution in [2.45, 2.75) is 445 Å². The Bertz CT molecular complexity index is 1930. The molecule has 0 aromatic rings. The lowest BCUT2D eigenvalue weighted by Gasteiger charge is -2.21. The number of unbranched alkanes of at least 4 members (excludes halogenated alkanes) is 49. The molecule has 19 heteroatoms. The summed E-state index contributed by atoms with van der Waals surface area (Å²) in [5.74, 6) is -0.557. The van der Waals surface area contributed by atoms with Crippen molar-refractivity contribution in [1.82, 2.24) is 0 Å². The largest absolute Gasteiger partial charge is 0.472 e. The van der Waals surface area contributed by atoms with Crippen LogP contribution in [0.4, 0.5) is 0 Å². The van der Waals surface area contributed by atoms with Gasteiger partial charge in [0.05, 0.1) is 26.4 Å². The molecule has 0 aromatic carbocycles. The Morgan fingerprint density at radius 3 is 0.760 bits per heavy atom. The van der Waals surface area contributed by atoms with Gasteiger partial charge >= 0.3 is 39.5 Å². The van der Waals surface area contributed by atoms with Crippen LogP contribution in [0.5, 0.6) is 0 Å². The summed E-state index contributed by atoms with van der Waals surface area (Å²) in [6.45, 7) is 9.64. The zero-order valence-corrected chi connectivity index (χ0v) is 67.3. The molecule has 0 amide bonds. The van der Waals surface area contributed by atoms with Crippen LogP contribution in [0.3, 0.4) is 0 Å². The number of carbonyl (C=O) groups excluding carboxylic acids is 4. The van der Waals surface area contributed by atoms with E-state index in [1.807, 2.05) is 0 Å². The van der Waals surface area contributed by atoms with E-state index in [1.54, 1.807) is 0 Å². The summed E-state index contributed by atoms with van der Waals surface area (Å²) in [5, 5.41) is 10.6. The van der Waals surface area contributed by atoms with Crippen molar-refractivity contribution in [3.63, 3.8) is 0 Å². The van der Waals surface area contributed by atoms with Crippen molar-refractivity contribution in [2.24, 2.45) is 11.8 Å². The molecule has 100 heavy (non-hydrogen) atoms. The van der Waals surface area contributed by atoms with Crippen LogP contribution in [0, 0.1) is 11.8 Å². The van der Waals surface area contributed by atoms with Gasteiger partial charge in [-0.3, -0.25) is 37.3 Å². The minimum absolute atomic E-state index is 0.108. The third kappa shape index (κ3) is 73.0. The molecular weight excluding hydrogens is 1310 g/mol. The number of ether oxygens (including phenoxy) is 4. The van der Waals surface area contributed by atoms with E-state index in [-0.39, 0.29) is 25.7 Å². The highest BCUT2D eigenvalue weighted by Crippen LogP contribution is 2.45. The van der Waals surface area contributed by atoms with Gasteiger partial charge in [0.25, 0.3) is 0 Å². The Balaban J connectivity index is 5.25. The highest BCUT2D eigenvalue weighted by Gasteiger charge is 2.30. The Hall–Kier alpha value is -1.94. The summed E-state index contributed by atoms with van der Waals surface area (Å²) >= 11 is 0. The second kappa shape index (κ2) is 72.6. The van der Waals surface area contributed by atoms with E-state index in [4.69, 9.17) is 37.0 Å². The number of rotatable bonds is 80. The Morgan fingerprint density at radius 2 is 0.510 bits per heavy atom. The molecule has 0 bridgehead atoms. The lowest BCUT2D eigenvalue weighted by molar-refractivity contribution is -0.161. The standard InChI is InChI=1S/C81H158O17P2/c1-7-10-12-14-16-18-20-22-24-25-27-31-35-39-45-51-57-63-78(83)91-69-76(97-80(85)66-60-54-47-41-37-33-29-28-30-34-38-44-50-56-62-74(6)9-3)71-95-99(87,88)93-67-75(82)68-94-100(89,90)96-72-77(70-92-79(84)64-58-52-48-42-43-49-55-61-73(4)5)98-81(86)65-59-53-46-40-36-32-26-23-21-19-17-15-13-11-8-2/h73-77,82H,7-72H2,1-6H3,(H,87,88)(H,89,90)/t74?,75-,76-,77-/m1/s1. The molecule has 0 aromatic heterocycles. The van der Waals surface area contributed by atoms with Gasteiger partial charge in [0, 0.05) is 25.7 Å². The van der Waals surface area contributed by atoms with E-state index in [0.717, 1.165) is 102 Å². The fraction of sp³-hybridized carbons (Fsp3) is 0.951. The monoisotopic (exact) mass is 1470 g/mol. The molecule has 0 aliphatic rings. The van der Waals surface area contributed by atoms with E-state index < -0.39 is 97.5 Å². The maximum atomic E-state index is 13.1. The van der Waals surface area contributed by atoms with Gasteiger partial charge in [-0.25, -0.2) is 9.13 Å². The molecule has 0 rings (SSSR count). The molecule has 0 aliphatic carbocycles. The lowest BCUT2D eigenvalue weighted by Crippen LogP contribution is -2.30. The zero-order valence-electron chi connectivity index (χ0n) is 65.5. The number of esters is 4. The first-order valence-electron chi connectivity index (χ1n) is 42.0. The highest BCUT2D eigenvalue weighted by atomic mass is 31.2. The predicted molar refractivity (Wildman–Crippen MR) is 409 cm³/mol. The number of carbonyl (C=O) groups is 4. The normalized spacial score (nSPS) is 14.2. The predicted octanol–water partition coefficient (Wildman–Crippen LogP) is 24.3. The molecule has 3 N–H and O–H groups in total. The second-order valence-corrected chi connectivity index (χ2v) is 32.8. The number of phosphoric ester groups is 2. The molecule has 17 nitrogen and oxygen atoms in total. The summed E-state index contributed by atoms with van der Waals surface area (Å²) in [6, 6.07) is 0. The maximum Gasteiger partial charge on any atom is 0.472 e. The molecule has 0 saturated heterocycles. The van der Waals surface area contributed by atoms with E-state index in [0.29, 0.717) is 31.6 Å². The van der Waals surface area contributed by atoms with Gasteiger partial charge in [-0.2, -0.15) is 0 Å². The minimum atomic E-state index is -4.96. The van der Waals surface area contributed by atoms with Gasteiger partial charge in [0.2, 0.25) is 0 Å². The van der Waals surface area contributed by atoms with Crippen molar-refractivity contribution in [1.29, 1.82) is 0 Å². The number of aliphatic hydroxyl groups is 1. The molecule has 0 heterocycles. The number of hydrogen-bond acceptors (Lipinski definition) is 15. The van der Waals surface area contributed by atoms with E-state index in [9.17, 15) is 43.2 Å². The third-order valence-corrected chi connectivity index (χ3v) is 21.2. The van der Waals surface area contributed by atoms with Gasteiger partial charge < -0.3 is 33.8 Å². The molecule has 0 fully saturated rings. The first-order chi connectivity index (χ1) is 48.4. The highest BCUT2D eigenvalue weighted by molar-refractivity contribution is 7.47. The molecule has 6 atom stereocenters. The van der Waals surface area contributed by atoms with Crippen molar-refractivity contribution in [3.8, 4) is 0 Å². The third-order valence-electron chi connectivity index (χ3n) is 19.3. The van der Waals surface area contributed by atoms with Crippen LogP contribution >= 0.6 is 15.6 Å². The Morgan fingerprint density at radius 1 is 0.290 bits per heavy atom. The SMILES string of the molecule is CCCCCCCCCCCCCCCCCCCC(=O)OC[C@H](COP(=O)(O)OC[C@@H](O)COP(=O)(O)OC[C@@H](COC(=O)CCCCCCCCCC(C)C)OC(=O)CCCCCCCCCCCCCCCCC)OC(=O)CCCCCCCCCCCCCCCCC(C)CC. The van der Waals surface area contributed by atoms with Crippen LogP contribution in [-0.2, 0) is 65.4 Å². The minimum Gasteiger partial charge on any atom is -0.462 e. The summed E-state index contributed by atoms with van der Waals surface area (Å²) in [6.07, 6.45) is 62.4. The smallest absolute Gasteiger partial charge is 0.462 e. The first kappa shape index (κ1) is 98.1. The first-order valence-corrected chi connectivity index (χ1v) is 45.0. The molecule has 594 valence electrons. The summed E-state index contributed by atoms with van der Waals surface area (Å²) < 4.78 is 68.7.